The van der Waals surface area contributed by atoms with Gasteiger partial charge in [0, 0.05) is 7.11 Å². The fraction of sp³-hybridized carbons (Fsp3) is 0.360. The van der Waals surface area contributed by atoms with Crippen molar-refractivity contribution < 1.29 is 14.1 Å². The smallest absolute Gasteiger partial charge is 0.244 e. The Morgan fingerprint density at radius 2 is 1.73 bits per heavy atom. The maximum absolute atomic E-state index is 13.2. The number of hydrogen-bond donors (Lipinski definition) is 1. The molecule has 5 heteroatoms. The van der Waals surface area contributed by atoms with Crippen LogP contribution in [0.15, 0.2) is 79.4 Å². The molecule has 1 aliphatic rings. The lowest BCUT2D eigenvalue weighted by molar-refractivity contribution is -0.697. The minimum atomic E-state index is -0.823. The number of nitrogens with zero attached hydrogens (tertiary/aromatic N) is 2. The van der Waals surface area contributed by atoms with E-state index < -0.39 is 5.41 Å². The van der Waals surface area contributed by atoms with Gasteiger partial charge in [0.2, 0.25) is 12.2 Å². The van der Waals surface area contributed by atoms with E-state index in [1.54, 1.807) is 7.11 Å². The van der Waals surface area contributed by atoms with Crippen LogP contribution in [0.25, 0.3) is 0 Å². The quantitative estimate of drug-likeness (QED) is 0.586. The molecule has 0 aliphatic heterocycles. The zero-order valence-electron chi connectivity index (χ0n) is 17.5. The highest BCUT2D eigenvalue weighted by atomic mass is 16.5. The number of hydrogen-bond acceptors (Lipinski definition) is 2. The molecule has 1 heterocycles. The summed E-state index contributed by atoms with van der Waals surface area (Å²) >= 11 is 0. The number of nitrogens with two attached hydrogens (primary N) is 1. The van der Waals surface area contributed by atoms with Gasteiger partial charge in [-0.3, -0.25) is 4.79 Å². The summed E-state index contributed by atoms with van der Waals surface area (Å²) < 4.78 is 9.61. The van der Waals surface area contributed by atoms with Crippen LogP contribution in [0.4, 0.5) is 0 Å². The Hall–Kier alpha value is -2.92. The van der Waals surface area contributed by atoms with Crippen LogP contribution in [0.5, 0.6) is 0 Å². The van der Waals surface area contributed by atoms with E-state index in [1.165, 1.54) is 0 Å². The van der Waals surface area contributed by atoms with Crippen LogP contribution in [0, 0.1) is 5.92 Å². The van der Waals surface area contributed by atoms with E-state index >= 15 is 0 Å². The van der Waals surface area contributed by atoms with Gasteiger partial charge < -0.3 is 10.5 Å². The third kappa shape index (κ3) is 3.65. The van der Waals surface area contributed by atoms with Crippen LogP contribution in [0.1, 0.15) is 36.4 Å². The number of imidazole rings is 1. The Kier molecular flexibility index (Phi) is 6.00. The average Bonchev–Trinajstić information content (AvgIpc) is 3.44. The highest BCUT2D eigenvalue weighted by Gasteiger charge is 2.50. The van der Waals surface area contributed by atoms with E-state index in [0.29, 0.717) is 12.6 Å². The van der Waals surface area contributed by atoms with Crippen LogP contribution in [-0.2, 0) is 21.5 Å². The van der Waals surface area contributed by atoms with Crippen molar-refractivity contribution in [1.82, 2.24) is 4.57 Å². The molecule has 1 aliphatic carbocycles. The largest absolute Gasteiger partial charge is 0.381 e. The first-order chi connectivity index (χ1) is 14.7. The van der Waals surface area contributed by atoms with E-state index in [2.05, 4.69) is 27.9 Å². The molecule has 1 fully saturated rings. The number of carbonyl (C=O) groups excluding carboxylic acids is 1. The third-order valence-corrected chi connectivity index (χ3v) is 6.55. The van der Waals surface area contributed by atoms with Crippen LogP contribution in [0.2, 0.25) is 0 Å². The van der Waals surface area contributed by atoms with Gasteiger partial charge in [-0.05, 0) is 36.3 Å². The van der Waals surface area contributed by atoms with Crippen molar-refractivity contribution >= 4 is 5.91 Å². The third-order valence-electron chi connectivity index (χ3n) is 6.55. The maximum atomic E-state index is 13.2. The molecule has 4 rings (SSSR count). The van der Waals surface area contributed by atoms with Gasteiger partial charge in [0.25, 0.3) is 0 Å². The Balaban J connectivity index is 1.69. The highest BCUT2D eigenvalue weighted by Crippen LogP contribution is 2.49. The molecule has 0 bridgehead atoms. The molecule has 2 aromatic carbocycles. The van der Waals surface area contributed by atoms with Gasteiger partial charge in [-0.2, -0.15) is 0 Å². The Labute approximate surface area is 178 Å². The first-order valence-corrected chi connectivity index (χ1v) is 10.6. The number of carbonyl (C=O) groups is 1. The van der Waals surface area contributed by atoms with Crippen LogP contribution in [-0.4, -0.2) is 24.2 Å². The van der Waals surface area contributed by atoms with Crippen LogP contribution in [0.3, 0.4) is 0 Å². The molecular formula is C25H30N3O2+. The van der Waals surface area contributed by atoms with Gasteiger partial charge in [-0.25, -0.2) is 9.13 Å². The summed E-state index contributed by atoms with van der Waals surface area (Å²) in [6.07, 6.45) is 9.24. The SMILES string of the molecule is COCC[n+]1ccn([C@@H]2CC[C@@H](C(C(N)=O)(c3ccccc3)c3ccccc3)C2)c1. The molecule has 3 aromatic rings. The summed E-state index contributed by atoms with van der Waals surface area (Å²) in [7, 11) is 1.72. The summed E-state index contributed by atoms with van der Waals surface area (Å²) in [6.45, 7) is 1.52. The van der Waals surface area contributed by atoms with Gasteiger partial charge in [0.1, 0.15) is 30.4 Å². The predicted molar refractivity (Wildman–Crippen MR) is 116 cm³/mol. The van der Waals surface area contributed by atoms with Gasteiger partial charge in [0.05, 0.1) is 6.61 Å². The molecule has 156 valence electrons. The number of aromatic nitrogens is 2. The molecule has 2 atom stereocenters. The standard InChI is InChI=1S/C25H29N3O2/c1-30-17-16-27-14-15-28(19-27)23-13-12-22(18-23)25(24(26)29,20-8-4-2-5-9-20)21-10-6-3-7-11-21/h2-11,14-15,19,22-23H,12-13,16-18H2,1H3,(H-,26,29)/p+1/t22-,23-/m1/s1. The summed E-state index contributed by atoms with van der Waals surface area (Å²) in [5, 5.41) is 0. The second-order valence-corrected chi connectivity index (χ2v) is 8.16. The molecule has 0 saturated heterocycles. The molecule has 2 N–H and O–H groups in total. The van der Waals surface area contributed by atoms with E-state index in [1.807, 2.05) is 60.7 Å². The molecule has 30 heavy (non-hydrogen) atoms. The first kappa shape index (κ1) is 20.4. The lowest BCUT2D eigenvalue weighted by Crippen LogP contribution is -2.47. The van der Waals surface area contributed by atoms with Crippen molar-refractivity contribution in [2.24, 2.45) is 11.7 Å². The summed E-state index contributed by atoms with van der Waals surface area (Å²) in [5.41, 5.74) is 7.34. The lowest BCUT2D eigenvalue weighted by Gasteiger charge is -2.37. The van der Waals surface area contributed by atoms with Gasteiger partial charge in [-0.15, -0.1) is 0 Å². The average molecular weight is 405 g/mol. The normalized spacial score (nSPS) is 19.1. The predicted octanol–water partition coefficient (Wildman–Crippen LogP) is 3.23. The zero-order valence-corrected chi connectivity index (χ0v) is 17.5. The number of methoxy groups -OCH3 is 1. The molecule has 0 unspecified atom stereocenters. The first-order valence-electron chi connectivity index (χ1n) is 10.6. The van der Waals surface area contributed by atoms with Crippen LogP contribution >= 0.6 is 0 Å². The number of rotatable bonds is 8. The Bertz CT molecular complexity index is 929. The van der Waals surface area contributed by atoms with Crippen molar-refractivity contribution in [2.45, 2.75) is 37.3 Å². The van der Waals surface area contributed by atoms with E-state index in [0.717, 1.165) is 36.9 Å². The van der Waals surface area contributed by atoms with Crippen molar-refractivity contribution in [2.75, 3.05) is 13.7 Å². The number of benzene rings is 2. The monoisotopic (exact) mass is 404 g/mol. The zero-order chi connectivity index (χ0) is 21.0. The summed E-state index contributed by atoms with van der Waals surface area (Å²) in [4.78, 5) is 13.2. The Morgan fingerprint density at radius 1 is 1.10 bits per heavy atom. The van der Waals surface area contributed by atoms with Crippen molar-refractivity contribution in [1.29, 1.82) is 0 Å². The maximum Gasteiger partial charge on any atom is 0.244 e. The lowest BCUT2D eigenvalue weighted by atomic mass is 9.64. The minimum Gasteiger partial charge on any atom is -0.381 e. The molecular weight excluding hydrogens is 374 g/mol. The second kappa shape index (κ2) is 8.84. The van der Waals surface area contributed by atoms with Gasteiger partial charge in [0.15, 0.2) is 0 Å². The fourth-order valence-corrected chi connectivity index (χ4v) is 5.10. The molecule has 0 spiro atoms. The van der Waals surface area contributed by atoms with E-state index in [4.69, 9.17) is 10.5 Å². The highest BCUT2D eigenvalue weighted by molar-refractivity contribution is 5.91. The van der Waals surface area contributed by atoms with Crippen LogP contribution < -0.4 is 10.3 Å². The fourth-order valence-electron chi connectivity index (χ4n) is 5.10. The van der Waals surface area contributed by atoms with Gasteiger partial charge >= 0.3 is 0 Å². The molecule has 5 nitrogen and oxygen atoms in total. The second-order valence-electron chi connectivity index (χ2n) is 8.16. The Morgan fingerprint density at radius 3 is 2.30 bits per heavy atom. The molecule has 1 aromatic heterocycles. The molecule has 0 radical (unpaired) electrons. The van der Waals surface area contributed by atoms with Crippen molar-refractivity contribution in [3.63, 3.8) is 0 Å². The van der Waals surface area contributed by atoms with Gasteiger partial charge in [-0.1, -0.05) is 60.7 Å². The summed E-state index contributed by atoms with van der Waals surface area (Å²) in [6, 6.07) is 20.5. The van der Waals surface area contributed by atoms with E-state index in [9.17, 15) is 4.79 Å². The number of amides is 1. The molecule has 1 amide bonds. The number of ether oxygens (including phenoxy) is 1. The van der Waals surface area contributed by atoms with E-state index in [-0.39, 0.29) is 11.8 Å². The topological polar surface area (TPSA) is 61.1 Å². The molecule has 1 saturated carbocycles. The summed E-state index contributed by atoms with van der Waals surface area (Å²) in [5.74, 6) is -0.132. The van der Waals surface area contributed by atoms with Crippen molar-refractivity contribution in [3.8, 4) is 0 Å². The minimum absolute atomic E-state index is 0.139. The number of primary amides is 1. The van der Waals surface area contributed by atoms with Crippen molar-refractivity contribution in [3.05, 3.63) is 90.5 Å².